The molecule has 17 heavy (non-hydrogen) atoms. The van der Waals surface area contributed by atoms with Gasteiger partial charge >= 0.3 is 0 Å². The molecule has 0 aliphatic heterocycles. The molecule has 1 saturated carbocycles. The molecule has 0 unspecified atom stereocenters. The van der Waals surface area contributed by atoms with Gasteiger partial charge in [0.15, 0.2) is 0 Å². The van der Waals surface area contributed by atoms with Crippen LogP contribution in [0.25, 0.3) is 0 Å². The van der Waals surface area contributed by atoms with E-state index in [0.717, 1.165) is 24.3 Å². The summed E-state index contributed by atoms with van der Waals surface area (Å²) >= 11 is 6.00. The number of benzene rings is 1. The van der Waals surface area contributed by atoms with Crippen molar-refractivity contribution in [1.82, 2.24) is 0 Å². The van der Waals surface area contributed by atoms with Crippen LogP contribution >= 0.6 is 24.0 Å². The van der Waals surface area contributed by atoms with Gasteiger partial charge in [0.2, 0.25) is 0 Å². The number of rotatable bonds is 2. The van der Waals surface area contributed by atoms with Crippen molar-refractivity contribution in [1.29, 1.82) is 0 Å². The van der Waals surface area contributed by atoms with Crippen LogP contribution < -0.4 is 0 Å². The lowest BCUT2D eigenvalue weighted by Gasteiger charge is -2.25. The summed E-state index contributed by atoms with van der Waals surface area (Å²) in [6, 6.07) is 8.12. The Hall–Kier alpha value is -0.240. The molecule has 1 nitrogen and oxygen atoms in total. The fourth-order valence-electron chi connectivity index (χ4n) is 2.69. The van der Waals surface area contributed by atoms with Gasteiger partial charge in [0.05, 0.1) is 5.60 Å². The molecule has 0 heterocycles. The topological polar surface area (TPSA) is 20.2 Å². The van der Waals surface area contributed by atoms with Crippen LogP contribution in [0.3, 0.4) is 0 Å². The van der Waals surface area contributed by atoms with Gasteiger partial charge in [0.1, 0.15) is 0 Å². The first kappa shape index (κ1) is 14.8. The van der Waals surface area contributed by atoms with Crippen LogP contribution in [0.1, 0.15) is 44.6 Å². The van der Waals surface area contributed by atoms with E-state index < -0.39 is 5.60 Å². The highest BCUT2D eigenvalue weighted by Crippen LogP contribution is 2.43. The average molecular weight is 275 g/mol. The van der Waals surface area contributed by atoms with Crippen LogP contribution in [0.5, 0.6) is 0 Å². The highest BCUT2D eigenvalue weighted by Gasteiger charge is 2.34. The molecular formula is C14H20Cl2O. The first-order valence-corrected chi connectivity index (χ1v) is 6.32. The summed E-state index contributed by atoms with van der Waals surface area (Å²) in [5, 5.41) is 10.8. The van der Waals surface area contributed by atoms with Crippen LogP contribution in [0.4, 0.5) is 0 Å². The molecule has 1 aliphatic carbocycles. The molecule has 1 aromatic carbocycles. The van der Waals surface area contributed by atoms with E-state index in [1.807, 2.05) is 26.0 Å². The molecule has 96 valence electrons. The summed E-state index contributed by atoms with van der Waals surface area (Å²) in [5.74, 6) is 0.978. The normalized spacial score (nSPS) is 24.5. The lowest BCUT2D eigenvalue weighted by Crippen LogP contribution is -2.28. The quantitative estimate of drug-likeness (QED) is 0.847. The van der Waals surface area contributed by atoms with Gasteiger partial charge in [-0.15, -0.1) is 12.4 Å². The first-order valence-electron chi connectivity index (χ1n) is 5.94. The highest BCUT2D eigenvalue weighted by molar-refractivity contribution is 6.30. The third kappa shape index (κ3) is 3.61. The second kappa shape index (κ2) is 5.60. The van der Waals surface area contributed by atoms with Gasteiger partial charge in [0.25, 0.3) is 0 Å². The molecule has 1 N–H and O–H groups in total. The van der Waals surface area contributed by atoms with Gasteiger partial charge in [-0.3, -0.25) is 0 Å². The summed E-state index contributed by atoms with van der Waals surface area (Å²) in [5.41, 5.74) is 0.770. The van der Waals surface area contributed by atoms with Crippen molar-refractivity contribution in [3.05, 3.63) is 34.9 Å². The first-order chi connectivity index (χ1) is 7.47. The number of hydrogen-bond acceptors (Lipinski definition) is 1. The van der Waals surface area contributed by atoms with E-state index in [2.05, 4.69) is 12.1 Å². The Kier molecular flexibility index (Phi) is 4.88. The van der Waals surface area contributed by atoms with Crippen molar-refractivity contribution >= 4 is 24.0 Å². The molecular weight excluding hydrogens is 255 g/mol. The summed E-state index contributed by atoms with van der Waals surface area (Å²) in [6.07, 6.45) is 3.35. The van der Waals surface area contributed by atoms with Gasteiger partial charge in [-0.25, -0.2) is 0 Å². The molecule has 0 aromatic heterocycles. The van der Waals surface area contributed by atoms with E-state index in [1.165, 1.54) is 5.56 Å². The van der Waals surface area contributed by atoms with E-state index in [-0.39, 0.29) is 12.4 Å². The van der Waals surface area contributed by atoms with Gasteiger partial charge in [-0.1, -0.05) is 23.7 Å². The second-order valence-corrected chi connectivity index (χ2v) is 5.85. The molecule has 1 fully saturated rings. The summed E-state index contributed by atoms with van der Waals surface area (Å²) in [6.45, 7) is 3.83. The fraction of sp³-hybridized carbons (Fsp3) is 0.571. The maximum absolute atomic E-state index is 10.0. The fourth-order valence-corrected chi connectivity index (χ4v) is 2.89. The van der Waals surface area contributed by atoms with Crippen LogP contribution in [0, 0.1) is 5.92 Å². The molecule has 2 atom stereocenters. The zero-order valence-electron chi connectivity index (χ0n) is 10.3. The van der Waals surface area contributed by atoms with Crippen molar-refractivity contribution < 1.29 is 5.11 Å². The van der Waals surface area contributed by atoms with Crippen molar-refractivity contribution in [2.75, 3.05) is 0 Å². The van der Waals surface area contributed by atoms with Crippen molar-refractivity contribution in [2.45, 2.75) is 44.6 Å². The van der Waals surface area contributed by atoms with Gasteiger partial charge < -0.3 is 5.11 Å². The molecule has 0 saturated heterocycles. The van der Waals surface area contributed by atoms with Crippen molar-refractivity contribution in [3.63, 3.8) is 0 Å². The van der Waals surface area contributed by atoms with E-state index in [4.69, 9.17) is 11.6 Å². The van der Waals surface area contributed by atoms with Crippen LogP contribution in [0.2, 0.25) is 5.02 Å². The SMILES string of the molecule is CC(C)(O)[C@H]1CC[C@@H](c2cccc(Cl)c2)C1.Cl. The summed E-state index contributed by atoms with van der Waals surface area (Å²) in [7, 11) is 0. The smallest absolute Gasteiger partial charge is 0.0620 e. The summed E-state index contributed by atoms with van der Waals surface area (Å²) < 4.78 is 0. The minimum Gasteiger partial charge on any atom is -0.390 e. The molecule has 0 spiro atoms. The third-order valence-corrected chi connectivity index (χ3v) is 3.99. The zero-order valence-corrected chi connectivity index (χ0v) is 11.9. The number of aliphatic hydroxyl groups is 1. The Balaban J connectivity index is 0.00000144. The maximum atomic E-state index is 10.0. The van der Waals surface area contributed by atoms with Gasteiger partial charge in [-0.05, 0) is 62.6 Å². The predicted octanol–water partition coefficient (Wildman–Crippen LogP) is 4.42. The Bertz CT molecular complexity index is 371. The van der Waals surface area contributed by atoms with Crippen LogP contribution in [-0.4, -0.2) is 10.7 Å². The minimum atomic E-state index is -0.548. The Morgan fingerprint density at radius 1 is 1.29 bits per heavy atom. The monoisotopic (exact) mass is 274 g/mol. The highest BCUT2D eigenvalue weighted by atomic mass is 35.5. The van der Waals surface area contributed by atoms with Crippen molar-refractivity contribution in [2.24, 2.45) is 5.92 Å². The predicted molar refractivity (Wildman–Crippen MR) is 75.1 cm³/mol. The zero-order chi connectivity index (χ0) is 11.8. The molecule has 3 heteroatoms. The Morgan fingerprint density at radius 3 is 2.53 bits per heavy atom. The Morgan fingerprint density at radius 2 is 2.00 bits per heavy atom. The third-order valence-electron chi connectivity index (χ3n) is 3.75. The standard InChI is InChI=1S/C14H19ClO.ClH/c1-14(2,16)12-7-6-11(8-12)10-4-3-5-13(15)9-10;/h3-5,9,11-12,16H,6-8H2,1-2H3;1H/t11-,12+;/m1./s1. The van der Waals surface area contributed by atoms with Gasteiger partial charge in [0, 0.05) is 5.02 Å². The van der Waals surface area contributed by atoms with E-state index >= 15 is 0 Å². The molecule has 1 aliphatic rings. The Labute approximate surface area is 115 Å². The molecule has 0 amide bonds. The van der Waals surface area contributed by atoms with E-state index in [9.17, 15) is 5.11 Å². The lowest BCUT2D eigenvalue weighted by atomic mass is 9.87. The number of hydrogen-bond donors (Lipinski definition) is 1. The number of halogens is 2. The van der Waals surface area contributed by atoms with Crippen LogP contribution in [-0.2, 0) is 0 Å². The largest absolute Gasteiger partial charge is 0.390 e. The van der Waals surface area contributed by atoms with Gasteiger partial charge in [-0.2, -0.15) is 0 Å². The van der Waals surface area contributed by atoms with E-state index in [1.54, 1.807) is 0 Å². The summed E-state index contributed by atoms with van der Waals surface area (Å²) in [4.78, 5) is 0. The van der Waals surface area contributed by atoms with Crippen LogP contribution in [0.15, 0.2) is 24.3 Å². The van der Waals surface area contributed by atoms with Crippen molar-refractivity contribution in [3.8, 4) is 0 Å². The second-order valence-electron chi connectivity index (χ2n) is 5.42. The molecule has 0 bridgehead atoms. The molecule has 0 radical (unpaired) electrons. The average Bonchev–Trinajstić information content (AvgIpc) is 2.65. The van der Waals surface area contributed by atoms with E-state index in [0.29, 0.717) is 11.8 Å². The lowest BCUT2D eigenvalue weighted by molar-refractivity contribution is 0.0194. The minimum absolute atomic E-state index is 0. The maximum Gasteiger partial charge on any atom is 0.0620 e. The molecule has 2 rings (SSSR count). The molecule has 1 aromatic rings.